The number of hydrogen-bond donors (Lipinski definition) is 2. The minimum absolute atomic E-state index is 0.871. The van der Waals surface area contributed by atoms with Crippen LogP contribution in [0.3, 0.4) is 0 Å². The number of aryl methyl sites for hydroxylation is 1. The Morgan fingerprint density at radius 3 is 2.64 bits per heavy atom. The number of para-hydroxylation sites is 1. The van der Waals surface area contributed by atoms with E-state index in [1.165, 1.54) is 22.2 Å². The lowest BCUT2D eigenvalue weighted by molar-refractivity contribution is 0.372. The van der Waals surface area contributed by atoms with Gasteiger partial charge in [0.2, 0.25) is 0 Å². The van der Waals surface area contributed by atoms with E-state index < -0.39 is 0 Å². The average Bonchev–Trinajstić information content (AvgIpc) is 3.07. The maximum atomic E-state index is 4.50. The molecule has 146 valence electrons. The van der Waals surface area contributed by atoms with Crippen molar-refractivity contribution in [3.8, 4) is 0 Å². The summed E-state index contributed by atoms with van der Waals surface area (Å²) >= 11 is 0. The number of guanidine groups is 1. The molecule has 1 aliphatic heterocycles. The molecule has 2 aromatic heterocycles. The number of hydrogen-bond acceptors (Lipinski definition) is 3. The molecule has 0 radical (unpaired) electrons. The number of rotatable bonds is 4. The van der Waals surface area contributed by atoms with Crippen LogP contribution < -0.4 is 10.2 Å². The first-order valence-corrected chi connectivity index (χ1v) is 9.94. The molecule has 3 heterocycles. The lowest BCUT2D eigenvalue weighted by Crippen LogP contribution is -2.53. The molecular formula is C22H28N6. The van der Waals surface area contributed by atoms with Crippen LogP contribution in [-0.2, 0) is 6.42 Å². The standard InChI is InChI=1S/C22H28N6/c1-17-18(19-7-3-4-8-20(19)26-17)10-12-25-22(23-2)28-15-13-27(14-16-28)21-9-5-6-11-24-21/h3-9,11,26H,10,12-16H2,1-2H3,(H,23,25). The Hall–Kier alpha value is -3.02. The fraction of sp³-hybridized carbons (Fsp3) is 0.364. The van der Waals surface area contributed by atoms with Crippen molar-refractivity contribution >= 4 is 22.7 Å². The Bertz CT molecular complexity index is 938. The first kappa shape index (κ1) is 18.3. The molecule has 0 spiro atoms. The second-order valence-electron chi connectivity index (χ2n) is 7.16. The smallest absolute Gasteiger partial charge is 0.193 e. The highest BCUT2D eigenvalue weighted by molar-refractivity contribution is 5.85. The van der Waals surface area contributed by atoms with Gasteiger partial charge in [0.15, 0.2) is 5.96 Å². The molecule has 0 atom stereocenters. The minimum Gasteiger partial charge on any atom is -0.358 e. The molecule has 6 nitrogen and oxygen atoms in total. The number of pyridine rings is 1. The summed E-state index contributed by atoms with van der Waals surface area (Å²) in [6.07, 6.45) is 2.83. The maximum Gasteiger partial charge on any atom is 0.193 e. The van der Waals surface area contributed by atoms with Gasteiger partial charge in [-0.25, -0.2) is 4.98 Å². The number of nitrogens with zero attached hydrogens (tertiary/aromatic N) is 4. The van der Waals surface area contributed by atoms with Crippen LogP contribution in [0.2, 0.25) is 0 Å². The van der Waals surface area contributed by atoms with Crippen LogP contribution in [-0.4, -0.2) is 60.6 Å². The molecule has 1 saturated heterocycles. The van der Waals surface area contributed by atoms with Gasteiger partial charge in [-0.05, 0) is 37.1 Å². The van der Waals surface area contributed by atoms with Crippen molar-refractivity contribution in [1.29, 1.82) is 0 Å². The normalized spacial score (nSPS) is 15.3. The Labute approximate surface area is 166 Å². The van der Waals surface area contributed by atoms with Gasteiger partial charge in [0.1, 0.15) is 5.82 Å². The van der Waals surface area contributed by atoms with Crippen LogP contribution in [0.15, 0.2) is 53.7 Å². The molecule has 6 heteroatoms. The quantitative estimate of drug-likeness (QED) is 0.543. The van der Waals surface area contributed by atoms with E-state index in [2.05, 4.69) is 67.3 Å². The van der Waals surface area contributed by atoms with E-state index in [0.29, 0.717) is 0 Å². The summed E-state index contributed by atoms with van der Waals surface area (Å²) in [4.78, 5) is 17.1. The van der Waals surface area contributed by atoms with Crippen LogP contribution in [0.25, 0.3) is 10.9 Å². The number of aromatic nitrogens is 2. The van der Waals surface area contributed by atoms with Crippen LogP contribution in [0, 0.1) is 6.92 Å². The zero-order valence-electron chi connectivity index (χ0n) is 16.7. The van der Waals surface area contributed by atoms with E-state index in [4.69, 9.17) is 0 Å². The largest absolute Gasteiger partial charge is 0.358 e. The van der Waals surface area contributed by atoms with Crippen LogP contribution >= 0.6 is 0 Å². The summed E-state index contributed by atoms with van der Waals surface area (Å²) in [7, 11) is 1.87. The molecule has 0 unspecified atom stereocenters. The van der Waals surface area contributed by atoms with E-state index in [-0.39, 0.29) is 0 Å². The van der Waals surface area contributed by atoms with Gasteiger partial charge in [-0.3, -0.25) is 4.99 Å². The van der Waals surface area contributed by atoms with Gasteiger partial charge >= 0.3 is 0 Å². The van der Waals surface area contributed by atoms with Crippen molar-refractivity contribution in [1.82, 2.24) is 20.2 Å². The number of benzene rings is 1. The van der Waals surface area contributed by atoms with Crippen molar-refractivity contribution in [2.24, 2.45) is 4.99 Å². The number of H-pyrrole nitrogens is 1. The van der Waals surface area contributed by atoms with Gasteiger partial charge in [0.05, 0.1) is 0 Å². The van der Waals surface area contributed by atoms with Crippen molar-refractivity contribution in [2.75, 3.05) is 44.7 Å². The van der Waals surface area contributed by atoms with Gasteiger partial charge in [0.25, 0.3) is 0 Å². The summed E-state index contributed by atoms with van der Waals surface area (Å²) in [5.41, 5.74) is 3.85. The fourth-order valence-electron chi connectivity index (χ4n) is 3.98. The average molecular weight is 377 g/mol. The Morgan fingerprint density at radius 2 is 1.89 bits per heavy atom. The van der Waals surface area contributed by atoms with Crippen molar-refractivity contribution in [3.05, 3.63) is 59.9 Å². The molecule has 1 fully saturated rings. The molecule has 1 aliphatic rings. The molecule has 0 bridgehead atoms. The molecule has 3 aromatic rings. The van der Waals surface area contributed by atoms with E-state index in [1.54, 1.807) is 0 Å². The number of piperazine rings is 1. The third-order valence-electron chi connectivity index (χ3n) is 5.45. The zero-order valence-corrected chi connectivity index (χ0v) is 16.7. The van der Waals surface area contributed by atoms with Crippen molar-refractivity contribution < 1.29 is 0 Å². The third kappa shape index (κ3) is 3.81. The molecule has 0 amide bonds. The molecule has 1 aromatic carbocycles. The fourth-order valence-corrected chi connectivity index (χ4v) is 3.98. The summed E-state index contributed by atoms with van der Waals surface area (Å²) in [6, 6.07) is 14.6. The highest BCUT2D eigenvalue weighted by atomic mass is 15.4. The third-order valence-corrected chi connectivity index (χ3v) is 5.45. The van der Waals surface area contributed by atoms with Gasteiger partial charge in [-0.15, -0.1) is 0 Å². The minimum atomic E-state index is 0.871. The molecule has 28 heavy (non-hydrogen) atoms. The topological polar surface area (TPSA) is 59.6 Å². The number of anilines is 1. The second-order valence-corrected chi connectivity index (χ2v) is 7.16. The summed E-state index contributed by atoms with van der Waals surface area (Å²) in [6.45, 7) is 6.83. The summed E-state index contributed by atoms with van der Waals surface area (Å²) < 4.78 is 0. The van der Waals surface area contributed by atoms with Crippen molar-refractivity contribution in [3.63, 3.8) is 0 Å². The van der Waals surface area contributed by atoms with Crippen LogP contribution in [0.4, 0.5) is 5.82 Å². The number of aliphatic imine (C=N–C) groups is 1. The second kappa shape index (κ2) is 8.33. The SMILES string of the molecule is CN=C(NCCc1c(C)[nH]c2ccccc12)N1CCN(c2ccccn2)CC1. The van der Waals surface area contributed by atoms with Crippen LogP contribution in [0.1, 0.15) is 11.3 Å². The van der Waals surface area contributed by atoms with E-state index in [1.807, 2.05) is 25.4 Å². The maximum absolute atomic E-state index is 4.50. The predicted octanol–water partition coefficient (Wildman–Crippen LogP) is 2.81. The molecule has 0 aliphatic carbocycles. The first-order chi connectivity index (χ1) is 13.8. The molecule has 4 rings (SSSR count). The summed E-state index contributed by atoms with van der Waals surface area (Å²) in [5, 5.41) is 4.87. The molecule has 0 saturated carbocycles. The highest BCUT2D eigenvalue weighted by Crippen LogP contribution is 2.22. The van der Waals surface area contributed by atoms with Crippen molar-refractivity contribution in [2.45, 2.75) is 13.3 Å². The van der Waals surface area contributed by atoms with Gasteiger partial charge in [-0.2, -0.15) is 0 Å². The first-order valence-electron chi connectivity index (χ1n) is 9.94. The van der Waals surface area contributed by atoms with E-state index >= 15 is 0 Å². The Balaban J connectivity index is 1.32. The highest BCUT2D eigenvalue weighted by Gasteiger charge is 2.20. The molecule has 2 N–H and O–H groups in total. The van der Waals surface area contributed by atoms with E-state index in [9.17, 15) is 0 Å². The number of aromatic amines is 1. The summed E-state index contributed by atoms with van der Waals surface area (Å²) in [5.74, 6) is 2.04. The lowest BCUT2D eigenvalue weighted by atomic mass is 10.1. The van der Waals surface area contributed by atoms with Gasteiger partial charge in [0, 0.05) is 62.6 Å². The monoisotopic (exact) mass is 376 g/mol. The zero-order chi connectivity index (χ0) is 19.3. The van der Waals surface area contributed by atoms with Gasteiger partial charge in [-0.1, -0.05) is 24.3 Å². The predicted molar refractivity (Wildman–Crippen MR) is 116 cm³/mol. The Kier molecular flexibility index (Phi) is 5.46. The Morgan fingerprint density at radius 1 is 1.11 bits per heavy atom. The van der Waals surface area contributed by atoms with E-state index in [0.717, 1.165) is 50.9 Å². The number of nitrogens with one attached hydrogen (secondary N) is 2. The number of fused-ring (bicyclic) bond motifs is 1. The lowest BCUT2D eigenvalue weighted by Gasteiger charge is -2.37. The van der Waals surface area contributed by atoms with Gasteiger partial charge < -0.3 is 20.1 Å². The van der Waals surface area contributed by atoms with Crippen LogP contribution in [0.5, 0.6) is 0 Å². The molecular weight excluding hydrogens is 348 g/mol.